The molecule has 0 aliphatic rings. The van der Waals surface area contributed by atoms with E-state index in [1.54, 1.807) is 0 Å². The van der Waals surface area contributed by atoms with Crippen LogP contribution in [0.3, 0.4) is 0 Å². The molecule has 0 unspecified atom stereocenters. The van der Waals surface area contributed by atoms with Crippen LogP contribution in [0, 0.1) is 0 Å². The maximum atomic E-state index is 9.61. The number of benzene rings is 1. The van der Waals surface area contributed by atoms with Gasteiger partial charge in [-0.15, -0.1) is 22.9 Å². The third-order valence-electron chi connectivity index (χ3n) is 1.97. The molecule has 1 aromatic heterocycles. The van der Waals surface area contributed by atoms with Crippen LogP contribution in [0.25, 0.3) is 10.1 Å². The molecule has 3 N–H and O–H groups in total. The number of fused-ring (bicyclic) bond motifs is 1. The first-order valence-electron chi connectivity index (χ1n) is 3.77. The van der Waals surface area contributed by atoms with Gasteiger partial charge in [-0.3, -0.25) is 0 Å². The van der Waals surface area contributed by atoms with E-state index in [4.69, 9.17) is 17.3 Å². The minimum Gasteiger partial charge on any atom is -0.505 e. The van der Waals surface area contributed by atoms with Gasteiger partial charge in [0.05, 0.1) is 16.3 Å². The summed E-state index contributed by atoms with van der Waals surface area (Å²) in [5.41, 5.74) is 6.86. The Labute approximate surface area is 84.6 Å². The van der Waals surface area contributed by atoms with Crippen LogP contribution < -0.4 is 5.73 Å². The van der Waals surface area contributed by atoms with Gasteiger partial charge in [0.15, 0.2) is 0 Å². The Kier molecular flexibility index (Phi) is 2.06. The molecule has 0 atom stereocenters. The van der Waals surface area contributed by atoms with Crippen LogP contribution in [0.2, 0.25) is 0 Å². The summed E-state index contributed by atoms with van der Waals surface area (Å²) >= 11 is 7.18. The summed E-state index contributed by atoms with van der Waals surface area (Å²) in [5.74, 6) is 0.395. The molecule has 2 rings (SSSR count). The standard InChI is InChI=1S/C9H8ClNOS/c10-4-6-3-5-1-2-13-9(5)7(11)8(6)12/h1-3,12H,4,11H2. The summed E-state index contributed by atoms with van der Waals surface area (Å²) in [4.78, 5) is 0. The topological polar surface area (TPSA) is 46.2 Å². The van der Waals surface area contributed by atoms with Crippen molar-refractivity contribution >= 4 is 38.7 Å². The first-order valence-corrected chi connectivity index (χ1v) is 5.19. The number of phenolic OH excluding ortho intramolecular Hbond substituents is 1. The highest BCUT2D eigenvalue weighted by Crippen LogP contribution is 2.37. The van der Waals surface area contributed by atoms with Crippen molar-refractivity contribution in [3.8, 4) is 5.75 Å². The van der Waals surface area contributed by atoms with Crippen molar-refractivity contribution in [2.45, 2.75) is 5.88 Å². The maximum Gasteiger partial charge on any atom is 0.144 e. The molecule has 0 radical (unpaired) electrons. The fraction of sp³-hybridized carbons (Fsp3) is 0.111. The molecule has 2 nitrogen and oxygen atoms in total. The minimum absolute atomic E-state index is 0.116. The van der Waals surface area contributed by atoms with Crippen molar-refractivity contribution in [2.24, 2.45) is 0 Å². The quantitative estimate of drug-likeness (QED) is 0.435. The second-order valence-electron chi connectivity index (χ2n) is 2.77. The monoisotopic (exact) mass is 213 g/mol. The number of nitrogens with two attached hydrogens (primary N) is 1. The number of rotatable bonds is 1. The summed E-state index contributed by atoms with van der Waals surface area (Å²) in [5, 5.41) is 12.6. The molecule has 0 bridgehead atoms. The molecule has 68 valence electrons. The number of alkyl halides is 1. The Morgan fingerprint density at radius 3 is 3.00 bits per heavy atom. The molecule has 1 aromatic carbocycles. The van der Waals surface area contributed by atoms with Crippen LogP contribution in [0.5, 0.6) is 5.75 Å². The zero-order valence-corrected chi connectivity index (χ0v) is 8.32. The van der Waals surface area contributed by atoms with Gasteiger partial charge in [-0.1, -0.05) is 0 Å². The van der Waals surface area contributed by atoms with Crippen molar-refractivity contribution in [1.82, 2.24) is 0 Å². The van der Waals surface area contributed by atoms with Gasteiger partial charge in [-0.25, -0.2) is 0 Å². The van der Waals surface area contributed by atoms with Crippen LogP contribution in [-0.4, -0.2) is 5.11 Å². The summed E-state index contributed by atoms with van der Waals surface area (Å²) in [6.45, 7) is 0. The van der Waals surface area contributed by atoms with E-state index in [1.165, 1.54) is 11.3 Å². The van der Waals surface area contributed by atoms with Gasteiger partial charge >= 0.3 is 0 Å². The summed E-state index contributed by atoms with van der Waals surface area (Å²) in [6.07, 6.45) is 0. The number of anilines is 1. The zero-order valence-electron chi connectivity index (χ0n) is 6.75. The molecule has 1 heterocycles. The lowest BCUT2D eigenvalue weighted by Gasteiger charge is -2.04. The van der Waals surface area contributed by atoms with Crippen LogP contribution >= 0.6 is 22.9 Å². The van der Waals surface area contributed by atoms with E-state index in [-0.39, 0.29) is 11.6 Å². The molecular weight excluding hydrogens is 206 g/mol. The third kappa shape index (κ3) is 1.24. The van der Waals surface area contributed by atoms with Crippen LogP contribution in [0.1, 0.15) is 5.56 Å². The second-order valence-corrected chi connectivity index (χ2v) is 3.95. The highest BCUT2D eigenvalue weighted by Gasteiger charge is 2.09. The van der Waals surface area contributed by atoms with Gasteiger partial charge in [-0.05, 0) is 22.9 Å². The average molecular weight is 214 g/mol. The summed E-state index contributed by atoms with van der Waals surface area (Å²) in [7, 11) is 0. The van der Waals surface area contributed by atoms with Crippen molar-refractivity contribution in [3.05, 3.63) is 23.1 Å². The van der Waals surface area contributed by atoms with E-state index in [2.05, 4.69) is 0 Å². The predicted molar refractivity (Wildman–Crippen MR) is 57.5 cm³/mol. The van der Waals surface area contributed by atoms with E-state index in [0.717, 1.165) is 10.1 Å². The molecule has 2 aromatic rings. The van der Waals surface area contributed by atoms with Crippen LogP contribution in [0.15, 0.2) is 17.5 Å². The van der Waals surface area contributed by atoms with Crippen LogP contribution in [-0.2, 0) is 5.88 Å². The number of halogens is 1. The summed E-state index contributed by atoms with van der Waals surface area (Å²) in [6, 6.07) is 3.83. The van der Waals surface area contributed by atoms with Crippen molar-refractivity contribution in [2.75, 3.05) is 5.73 Å². The lowest BCUT2D eigenvalue weighted by Crippen LogP contribution is -1.89. The normalized spacial score (nSPS) is 10.8. The van der Waals surface area contributed by atoms with Gasteiger partial charge in [0, 0.05) is 5.56 Å². The molecular formula is C9H8ClNOS. The number of phenols is 1. The number of hydrogen-bond acceptors (Lipinski definition) is 3. The SMILES string of the molecule is Nc1c(O)c(CCl)cc2ccsc12. The van der Waals surface area contributed by atoms with E-state index < -0.39 is 0 Å². The smallest absolute Gasteiger partial charge is 0.144 e. The van der Waals surface area contributed by atoms with E-state index in [1.807, 2.05) is 17.5 Å². The fourth-order valence-corrected chi connectivity index (χ4v) is 2.33. The Hall–Kier alpha value is -0.930. The molecule has 0 spiro atoms. The van der Waals surface area contributed by atoms with E-state index >= 15 is 0 Å². The van der Waals surface area contributed by atoms with Gasteiger partial charge in [0.25, 0.3) is 0 Å². The predicted octanol–water partition coefficient (Wildman–Crippen LogP) is 2.93. The second kappa shape index (κ2) is 3.09. The minimum atomic E-state index is 0.116. The Morgan fingerprint density at radius 2 is 2.31 bits per heavy atom. The van der Waals surface area contributed by atoms with Crippen molar-refractivity contribution in [3.63, 3.8) is 0 Å². The first-order chi connectivity index (χ1) is 6.24. The number of thiophene rings is 1. The van der Waals surface area contributed by atoms with Crippen molar-refractivity contribution < 1.29 is 5.11 Å². The molecule has 4 heteroatoms. The average Bonchev–Trinajstić information content (AvgIpc) is 2.59. The van der Waals surface area contributed by atoms with E-state index in [9.17, 15) is 5.11 Å². The first kappa shape index (κ1) is 8.66. The Morgan fingerprint density at radius 1 is 1.54 bits per heavy atom. The van der Waals surface area contributed by atoms with Crippen LogP contribution in [0.4, 0.5) is 5.69 Å². The van der Waals surface area contributed by atoms with E-state index in [0.29, 0.717) is 11.3 Å². The lowest BCUT2D eigenvalue weighted by atomic mass is 10.1. The molecule has 0 saturated carbocycles. The largest absolute Gasteiger partial charge is 0.505 e. The number of aromatic hydroxyl groups is 1. The lowest BCUT2D eigenvalue weighted by molar-refractivity contribution is 0.474. The molecule has 0 saturated heterocycles. The maximum absolute atomic E-state index is 9.61. The molecule has 0 fully saturated rings. The molecule has 0 amide bonds. The van der Waals surface area contributed by atoms with Gasteiger partial charge in [0.2, 0.25) is 0 Å². The van der Waals surface area contributed by atoms with Gasteiger partial charge in [-0.2, -0.15) is 0 Å². The van der Waals surface area contributed by atoms with Gasteiger partial charge < -0.3 is 10.8 Å². The molecule has 0 aliphatic carbocycles. The van der Waals surface area contributed by atoms with Gasteiger partial charge in [0.1, 0.15) is 5.75 Å². The molecule has 13 heavy (non-hydrogen) atoms. The number of nitrogen functional groups attached to an aromatic ring is 1. The number of hydrogen-bond donors (Lipinski definition) is 2. The fourth-order valence-electron chi connectivity index (χ4n) is 1.29. The summed E-state index contributed by atoms with van der Waals surface area (Å²) < 4.78 is 0.923. The molecule has 0 aliphatic heterocycles. The zero-order chi connectivity index (χ0) is 9.42. The van der Waals surface area contributed by atoms with Crippen molar-refractivity contribution in [1.29, 1.82) is 0 Å². The Bertz CT molecular complexity index is 452. The Balaban J connectivity index is 2.83. The highest BCUT2D eigenvalue weighted by atomic mass is 35.5. The third-order valence-corrected chi connectivity index (χ3v) is 3.22. The highest BCUT2D eigenvalue weighted by molar-refractivity contribution is 7.17.